The van der Waals surface area contributed by atoms with Crippen LogP contribution in [0.15, 0.2) is 54.5 Å². The summed E-state index contributed by atoms with van der Waals surface area (Å²) in [6, 6.07) is 4.01. The predicted octanol–water partition coefficient (Wildman–Crippen LogP) is 4.09. The number of likely N-dealkylation sites (tertiary alicyclic amines) is 1. The summed E-state index contributed by atoms with van der Waals surface area (Å²) in [5.74, 6) is 1.49. The second-order valence-electron chi connectivity index (χ2n) is 7.85. The van der Waals surface area contributed by atoms with Gasteiger partial charge in [0.2, 0.25) is 5.95 Å². The molecule has 2 aliphatic heterocycles. The third-order valence-corrected chi connectivity index (χ3v) is 5.73. The summed E-state index contributed by atoms with van der Waals surface area (Å²) in [6.45, 7) is 8.60. The average molecular weight is 387 g/mol. The molecular weight excluding hydrogens is 360 g/mol. The van der Waals surface area contributed by atoms with Crippen molar-refractivity contribution in [2.24, 2.45) is 0 Å². The van der Waals surface area contributed by atoms with Gasteiger partial charge in [-0.2, -0.15) is 0 Å². The van der Waals surface area contributed by atoms with Gasteiger partial charge in [0.05, 0.1) is 5.69 Å². The number of hydrogen-bond donors (Lipinski definition) is 2. The van der Waals surface area contributed by atoms with E-state index in [4.69, 9.17) is 4.98 Å². The zero-order chi connectivity index (χ0) is 19.6. The summed E-state index contributed by atoms with van der Waals surface area (Å²) in [7, 11) is 0. The Hall–Kier alpha value is -2.99. The van der Waals surface area contributed by atoms with Crippen LogP contribution in [0.3, 0.4) is 0 Å². The van der Waals surface area contributed by atoms with Gasteiger partial charge in [-0.05, 0) is 69.1 Å². The first-order valence-electron chi connectivity index (χ1n) is 10.4. The lowest BCUT2D eigenvalue weighted by atomic mass is 9.94. The molecule has 2 aromatic heterocycles. The number of nitrogens with one attached hydrogen (secondary N) is 2. The largest absolute Gasteiger partial charge is 0.354 e. The van der Waals surface area contributed by atoms with Crippen molar-refractivity contribution in [3.63, 3.8) is 0 Å². The van der Waals surface area contributed by atoms with Gasteiger partial charge < -0.3 is 15.5 Å². The van der Waals surface area contributed by atoms with Crippen LogP contribution < -0.4 is 10.6 Å². The molecular formula is C23H26N6. The van der Waals surface area contributed by atoms with E-state index < -0.39 is 0 Å². The van der Waals surface area contributed by atoms with Gasteiger partial charge in [0.15, 0.2) is 0 Å². The van der Waals surface area contributed by atoms with E-state index in [0.717, 1.165) is 65.4 Å². The molecule has 0 spiro atoms. The Morgan fingerprint density at radius 1 is 1.17 bits per heavy atom. The molecule has 0 aromatic carbocycles. The Kier molecular flexibility index (Phi) is 4.86. The standard InChI is InChI=1S/C23H26N6/c1-16-7-8-17-19-15-26-23(25-10-5-13-29-11-2-3-12-29)28-21(19)18-6-4-9-24-22(18)27-20(17)14-16/h4,6,8-9,14-15H,1-3,5,7,10-13H2,(H,24,27)(H,25,26,28). The number of aromatic nitrogens is 3. The minimum absolute atomic E-state index is 0.674. The second-order valence-corrected chi connectivity index (χ2v) is 7.85. The number of allylic oxidation sites excluding steroid dienone is 4. The van der Waals surface area contributed by atoms with Crippen molar-refractivity contribution < 1.29 is 0 Å². The highest BCUT2D eigenvalue weighted by Crippen LogP contribution is 2.41. The highest BCUT2D eigenvalue weighted by Gasteiger charge is 2.25. The van der Waals surface area contributed by atoms with Crippen molar-refractivity contribution in [1.82, 2.24) is 19.9 Å². The first kappa shape index (κ1) is 18.1. The molecule has 148 valence electrons. The zero-order valence-corrected chi connectivity index (χ0v) is 16.6. The fourth-order valence-corrected chi connectivity index (χ4v) is 4.24. The van der Waals surface area contributed by atoms with Crippen LogP contribution in [0.4, 0.5) is 11.8 Å². The number of nitrogens with zero attached hydrogens (tertiary/aromatic N) is 4. The summed E-state index contributed by atoms with van der Waals surface area (Å²) < 4.78 is 0. The van der Waals surface area contributed by atoms with Crippen molar-refractivity contribution in [3.8, 4) is 11.3 Å². The van der Waals surface area contributed by atoms with E-state index >= 15 is 0 Å². The molecule has 0 saturated carbocycles. The van der Waals surface area contributed by atoms with Crippen molar-refractivity contribution in [3.05, 3.63) is 60.1 Å². The lowest BCUT2D eigenvalue weighted by Crippen LogP contribution is -2.22. The first-order chi connectivity index (χ1) is 14.3. The molecule has 5 rings (SSSR count). The van der Waals surface area contributed by atoms with Gasteiger partial charge >= 0.3 is 0 Å². The smallest absolute Gasteiger partial charge is 0.223 e. The van der Waals surface area contributed by atoms with Gasteiger partial charge in [-0.15, -0.1) is 0 Å². The number of rotatable bonds is 5. The molecule has 1 fully saturated rings. The Morgan fingerprint density at radius 2 is 2.07 bits per heavy atom. The molecule has 6 nitrogen and oxygen atoms in total. The lowest BCUT2D eigenvalue weighted by molar-refractivity contribution is 0.337. The Morgan fingerprint density at radius 3 is 2.97 bits per heavy atom. The van der Waals surface area contributed by atoms with Crippen LogP contribution in [0.5, 0.6) is 0 Å². The molecule has 0 bridgehead atoms. The number of fused-ring (bicyclic) bond motifs is 5. The quantitative estimate of drug-likeness (QED) is 0.755. The van der Waals surface area contributed by atoms with Gasteiger partial charge in [0, 0.05) is 41.3 Å². The fourth-order valence-electron chi connectivity index (χ4n) is 4.24. The van der Waals surface area contributed by atoms with Crippen molar-refractivity contribution in [2.75, 3.05) is 36.8 Å². The molecule has 3 aliphatic rings. The fraction of sp³-hybridized carbons (Fsp3) is 0.348. The Balaban J connectivity index is 1.42. The third-order valence-electron chi connectivity index (χ3n) is 5.73. The van der Waals surface area contributed by atoms with Crippen LogP contribution in [0.1, 0.15) is 31.2 Å². The highest BCUT2D eigenvalue weighted by atomic mass is 15.1. The molecule has 1 aliphatic carbocycles. The molecule has 6 heteroatoms. The van der Waals surface area contributed by atoms with E-state index in [1.807, 2.05) is 12.3 Å². The maximum atomic E-state index is 4.89. The van der Waals surface area contributed by atoms with Crippen LogP contribution in [-0.2, 0) is 0 Å². The molecule has 4 heterocycles. The summed E-state index contributed by atoms with van der Waals surface area (Å²) in [6.07, 6.45) is 12.6. The topological polar surface area (TPSA) is 66.0 Å². The Bertz CT molecular complexity index is 1000. The summed E-state index contributed by atoms with van der Waals surface area (Å²) in [5, 5.41) is 6.88. The van der Waals surface area contributed by atoms with E-state index in [0.29, 0.717) is 5.95 Å². The van der Waals surface area contributed by atoms with Crippen LogP contribution in [0, 0.1) is 0 Å². The Labute approximate surface area is 171 Å². The molecule has 2 aromatic rings. The van der Waals surface area contributed by atoms with E-state index in [2.05, 4.69) is 50.3 Å². The van der Waals surface area contributed by atoms with Gasteiger partial charge in [0.25, 0.3) is 0 Å². The van der Waals surface area contributed by atoms with Crippen molar-refractivity contribution in [2.45, 2.75) is 25.7 Å². The summed E-state index contributed by atoms with van der Waals surface area (Å²) in [4.78, 5) is 16.6. The maximum Gasteiger partial charge on any atom is 0.223 e. The van der Waals surface area contributed by atoms with Crippen molar-refractivity contribution >= 4 is 17.3 Å². The number of pyridine rings is 1. The van der Waals surface area contributed by atoms with Gasteiger partial charge in [-0.1, -0.05) is 12.7 Å². The van der Waals surface area contributed by atoms with Gasteiger partial charge in [-0.3, -0.25) is 0 Å². The van der Waals surface area contributed by atoms with Crippen LogP contribution >= 0.6 is 0 Å². The molecule has 0 atom stereocenters. The molecule has 2 N–H and O–H groups in total. The van der Waals surface area contributed by atoms with Crippen LogP contribution in [0.2, 0.25) is 0 Å². The monoisotopic (exact) mass is 386 g/mol. The van der Waals surface area contributed by atoms with Crippen LogP contribution in [-0.4, -0.2) is 46.0 Å². The molecule has 0 unspecified atom stereocenters. The van der Waals surface area contributed by atoms with Gasteiger partial charge in [0.1, 0.15) is 5.82 Å². The zero-order valence-electron chi connectivity index (χ0n) is 16.6. The number of hydrogen-bond acceptors (Lipinski definition) is 6. The van der Waals surface area contributed by atoms with Crippen molar-refractivity contribution in [1.29, 1.82) is 0 Å². The molecule has 0 amide bonds. The average Bonchev–Trinajstić information content (AvgIpc) is 3.21. The lowest BCUT2D eigenvalue weighted by Gasteiger charge is -2.17. The highest BCUT2D eigenvalue weighted by molar-refractivity contribution is 5.96. The summed E-state index contributed by atoms with van der Waals surface area (Å²) >= 11 is 0. The van der Waals surface area contributed by atoms with E-state index in [9.17, 15) is 0 Å². The molecule has 0 radical (unpaired) electrons. The van der Waals surface area contributed by atoms with E-state index in [1.165, 1.54) is 25.9 Å². The minimum Gasteiger partial charge on any atom is -0.354 e. The normalized spacial score (nSPS) is 18.0. The maximum absolute atomic E-state index is 4.89. The number of anilines is 2. The SMILES string of the molecule is C=C1C=C2Nc3ncccc3-c3nc(NCCCN4CCCC4)ncc3C2=CC1. The minimum atomic E-state index is 0.674. The van der Waals surface area contributed by atoms with Crippen LogP contribution in [0.25, 0.3) is 16.8 Å². The van der Waals surface area contributed by atoms with E-state index in [-0.39, 0.29) is 0 Å². The summed E-state index contributed by atoms with van der Waals surface area (Å²) in [5.41, 5.74) is 6.15. The third kappa shape index (κ3) is 3.68. The molecule has 1 saturated heterocycles. The second kappa shape index (κ2) is 7.79. The van der Waals surface area contributed by atoms with Gasteiger partial charge in [-0.25, -0.2) is 15.0 Å². The first-order valence-corrected chi connectivity index (χ1v) is 10.4. The van der Waals surface area contributed by atoms with E-state index in [1.54, 1.807) is 6.20 Å². The predicted molar refractivity (Wildman–Crippen MR) is 117 cm³/mol. The molecule has 29 heavy (non-hydrogen) atoms.